The van der Waals surface area contributed by atoms with Crippen LogP contribution in [-0.4, -0.2) is 19.8 Å². The predicted molar refractivity (Wildman–Crippen MR) is 108 cm³/mol. The Balaban J connectivity index is 0.000000307. The zero-order valence-electron chi connectivity index (χ0n) is 16.4. The Labute approximate surface area is 167 Å². The first-order chi connectivity index (χ1) is 13.5. The van der Waals surface area contributed by atoms with Gasteiger partial charge in [-0.15, -0.1) is 13.9 Å². The van der Waals surface area contributed by atoms with E-state index in [1.54, 1.807) is 26.0 Å². The second-order valence-corrected chi connectivity index (χ2v) is 8.35. The highest BCUT2D eigenvalue weighted by Crippen LogP contribution is 2.51. The van der Waals surface area contributed by atoms with Gasteiger partial charge < -0.3 is 0 Å². The fraction of sp³-hybridized carbons (Fsp3) is 0.368. The van der Waals surface area contributed by atoms with Crippen LogP contribution in [0.2, 0.25) is 0 Å². The average molecular weight is 429 g/mol. The zero-order chi connectivity index (χ0) is 20.7. The first kappa shape index (κ1) is 24.6. The van der Waals surface area contributed by atoms with Crippen molar-refractivity contribution in [3.63, 3.8) is 0 Å². The van der Waals surface area contributed by atoms with Gasteiger partial charge in [0, 0.05) is 0 Å². The Kier molecular flexibility index (Phi) is 12.8. The SMILES string of the molecule is CCOOP(=O)(Cc1ccccc1)OOCC.CCO[P+](=O)c1ccccc1. The lowest BCUT2D eigenvalue weighted by molar-refractivity contribution is -0.263. The molecule has 0 aliphatic carbocycles. The summed E-state index contributed by atoms with van der Waals surface area (Å²) in [6.07, 6.45) is 0.105. The lowest BCUT2D eigenvalue weighted by Crippen LogP contribution is -2.01. The molecule has 1 unspecified atom stereocenters. The van der Waals surface area contributed by atoms with Gasteiger partial charge in [-0.25, -0.2) is 9.78 Å². The lowest BCUT2D eigenvalue weighted by atomic mass is 10.2. The molecule has 0 bridgehead atoms. The Hall–Kier alpha value is -1.43. The molecule has 0 N–H and O–H groups in total. The van der Waals surface area contributed by atoms with Gasteiger partial charge in [-0.05, 0) is 43.0 Å². The van der Waals surface area contributed by atoms with E-state index in [1.807, 2.05) is 55.5 Å². The highest BCUT2D eigenvalue weighted by atomic mass is 31.2. The molecule has 0 aliphatic rings. The molecular formula is C19H27O7P2+. The van der Waals surface area contributed by atoms with Crippen LogP contribution in [0.3, 0.4) is 0 Å². The minimum absolute atomic E-state index is 0.105. The van der Waals surface area contributed by atoms with Gasteiger partial charge in [0.05, 0.1) is 19.4 Å². The van der Waals surface area contributed by atoms with Crippen molar-refractivity contribution in [2.24, 2.45) is 0 Å². The van der Waals surface area contributed by atoms with E-state index in [0.29, 0.717) is 6.61 Å². The third kappa shape index (κ3) is 10.2. The molecule has 0 heterocycles. The monoisotopic (exact) mass is 429 g/mol. The van der Waals surface area contributed by atoms with E-state index < -0.39 is 15.6 Å². The van der Waals surface area contributed by atoms with Crippen molar-refractivity contribution in [2.45, 2.75) is 26.9 Å². The van der Waals surface area contributed by atoms with Crippen LogP contribution in [0.15, 0.2) is 60.7 Å². The van der Waals surface area contributed by atoms with Crippen molar-refractivity contribution < 1.29 is 32.8 Å². The number of rotatable bonds is 11. The minimum atomic E-state index is -3.42. The second-order valence-electron chi connectivity index (χ2n) is 5.23. The first-order valence-electron chi connectivity index (χ1n) is 8.95. The summed E-state index contributed by atoms with van der Waals surface area (Å²) in [5.41, 5.74) is 0.829. The van der Waals surface area contributed by atoms with Crippen LogP contribution >= 0.6 is 15.6 Å². The summed E-state index contributed by atoms with van der Waals surface area (Å²) in [6.45, 7) is 6.35. The minimum Gasteiger partial charge on any atom is -0.255 e. The van der Waals surface area contributed by atoms with E-state index in [9.17, 15) is 9.13 Å². The van der Waals surface area contributed by atoms with Crippen molar-refractivity contribution in [2.75, 3.05) is 19.8 Å². The van der Waals surface area contributed by atoms with Gasteiger partial charge in [-0.3, -0.25) is 4.57 Å². The third-order valence-electron chi connectivity index (χ3n) is 3.00. The van der Waals surface area contributed by atoms with E-state index in [0.717, 1.165) is 10.9 Å². The fourth-order valence-corrected chi connectivity index (χ4v) is 4.00. The number of hydrogen-bond donors (Lipinski definition) is 0. The van der Waals surface area contributed by atoms with Gasteiger partial charge in [-0.1, -0.05) is 48.5 Å². The molecule has 0 saturated heterocycles. The van der Waals surface area contributed by atoms with Gasteiger partial charge >= 0.3 is 15.6 Å². The van der Waals surface area contributed by atoms with Crippen LogP contribution in [0.25, 0.3) is 0 Å². The molecule has 28 heavy (non-hydrogen) atoms. The largest absolute Gasteiger partial charge is 0.548 e. The summed E-state index contributed by atoms with van der Waals surface area (Å²) in [5.74, 6) is 0. The molecule has 0 fully saturated rings. The molecule has 0 radical (unpaired) electrons. The highest BCUT2D eigenvalue weighted by molar-refractivity contribution is 7.52. The molecule has 0 spiro atoms. The van der Waals surface area contributed by atoms with E-state index in [4.69, 9.17) is 23.6 Å². The predicted octanol–water partition coefficient (Wildman–Crippen LogP) is 5.41. The maximum Gasteiger partial charge on any atom is 0.548 e. The Morgan fingerprint density at radius 3 is 1.75 bits per heavy atom. The summed E-state index contributed by atoms with van der Waals surface area (Å²) in [4.78, 5) is 9.40. The van der Waals surface area contributed by atoms with Crippen LogP contribution in [0.5, 0.6) is 0 Å². The molecule has 0 saturated carbocycles. The van der Waals surface area contributed by atoms with Crippen LogP contribution < -0.4 is 5.30 Å². The van der Waals surface area contributed by atoms with Crippen molar-refractivity contribution in [3.8, 4) is 0 Å². The normalized spacial score (nSPS) is 11.5. The number of benzene rings is 2. The molecule has 7 nitrogen and oxygen atoms in total. The highest BCUT2D eigenvalue weighted by Gasteiger charge is 2.28. The van der Waals surface area contributed by atoms with Gasteiger partial charge in [-0.2, -0.15) is 0 Å². The third-order valence-corrected chi connectivity index (χ3v) is 5.63. The van der Waals surface area contributed by atoms with E-state index in [-0.39, 0.29) is 19.4 Å². The quantitative estimate of drug-likeness (QED) is 0.269. The summed E-state index contributed by atoms with van der Waals surface area (Å²) in [7, 11) is -5.04. The van der Waals surface area contributed by atoms with Crippen LogP contribution in [0, 0.1) is 0 Å². The molecule has 0 aliphatic heterocycles. The van der Waals surface area contributed by atoms with Crippen molar-refractivity contribution in [1.82, 2.24) is 0 Å². The molecule has 0 amide bonds. The maximum atomic E-state index is 12.2. The van der Waals surface area contributed by atoms with E-state index >= 15 is 0 Å². The molecule has 9 heteroatoms. The van der Waals surface area contributed by atoms with Gasteiger partial charge in [0.25, 0.3) is 0 Å². The van der Waals surface area contributed by atoms with Crippen LogP contribution in [0.4, 0.5) is 0 Å². The van der Waals surface area contributed by atoms with Crippen molar-refractivity contribution >= 4 is 20.9 Å². The van der Waals surface area contributed by atoms with E-state index in [2.05, 4.69) is 0 Å². The zero-order valence-corrected chi connectivity index (χ0v) is 18.1. The van der Waals surface area contributed by atoms with Crippen molar-refractivity contribution in [3.05, 3.63) is 66.2 Å². The second kappa shape index (κ2) is 14.6. The van der Waals surface area contributed by atoms with Crippen LogP contribution in [-0.2, 0) is 38.9 Å². The Morgan fingerprint density at radius 2 is 1.29 bits per heavy atom. The molecule has 154 valence electrons. The van der Waals surface area contributed by atoms with Gasteiger partial charge in [0.1, 0.15) is 6.61 Å². The molecular weight excluding hydrogens is 402 g/mol. The average Bonchev–Trinajstić information content (AvgIpc) is 2.73. The topological polar surface area (TPSA) is 80.3 Å². The molecule has 0 aromatic heterocycles. The first-order valence-corrected chi connectivity index (χ1v) is 11.9. The standard InChI is InChI=1S/C11H17O5P.C8H10O2P/c1-3-13-15-17(12,16-14-4-2)10-11-8-6-5-7-9-11;1-2-10-11(9)8-6-4-3-5-7-8/h5-9H,3-4,10H2,1-2H3;3-7H,2H2,1H3/q;+1. The Bertz CT molecular complexity index is 699. The molecule has 2 aromatic carbocycles. The van der Waals surface area contributed by atoms with Gasteiger partial charge in [0.2, 0.25) is 5.30 Å². The number of hydrogen-bond acceptors (Lipinski definition) is 7. The summed E-state index contributed by atoms with van der Waals surface area (Å²) < 4.78 is 37.9. The van der Waals surface area contributed by atoms with E-state index in [1.165, 1.54) is 0 Å². The summed E-state index contributed by atoms with van der Waals surface area (Å²) in [5, 5.41) is 0.754. The summed E-state index contributed by atoms with van der Waals surface area (Å²) in [6, 6.07) is 18.4. The summed E-state index contributed by atoms with van der Waals surface area (Å²) >= 11 is 0. The lowest BCUT2D eigenvalue weighted by Gasteiger charge is -2.15. The van der Waals surface area contributed by atoms with Gasteiger partial charge in [0.15, 0.2) is 0 Å². The fourth-order valence-electron chi connectivity index (χ4n) is 1.88. The smallest absolute Gasteiger partial charge is 0.255 e. The Morgan fingerprint density at radius 1 is 0.786 bits per heavy atom. The van der Waals surface area contributed by atoms with Crippen LogP contribution in [0.1, 0.15) is 26.3 Å². The molecule has 2 rings (SSSR count). The maximum absolute atomic E-state index is 12.2. The van der Waals surface area contributed by atoms with Crippen molar-refractivity contribution in [1.29, 1.82) is 0 Å². The molecule has 1 atom stereocenters. The molecule has 2 aromatic rings.